The Balaban J connectivity index is 2.56. The quantitative estimate of drug-likeness (QED) is 0.896. The molecule has 0 bridgehead atoms. The Hall–Kier alpha value is -0.580. The summed E-state index contributed by atoms with van der Waals surface area (Å²) in [6, 6.07) is 5.77. The van der Waals surface area contributed by atoms with Crippen LogP contribution >= 0.6 is 11.6 Å². The van der Waals surface area contributed by atoms with E-state index >= 15 is 0 Å². The monoisotopic (exact) mass is 275 g/mol. The highest BCUT2D eigenvalue weighted by Crippen LogP contribution is 2.17. The highest BCUT2D eigenvalue weighted by Gasteiger charge is 2.10. The van der Waals surface area contributed by atoms with Crippen molar-refractivity contribution >= 4 is 21.4 Å². The van der Waals surface area contributed by atoms with E-state index in [1.54, 1.807) is 0 Å². The summed E-state index contributed by atoms with van der Waals surface area (Å²) in [5.41, 5.74) is 2.10. The first-order chi connectivity index (χ1) is 7.78. The molecule has 1 aromatic rings. The molecule has 1 unspecified atom stereocenters. The molecule has 1 atom stereocenters. The summed E-state index contributed by atoms with van der Waals surface area (Å²) < 4.78 is 22.2. The van der Waals surface area contributed by atoms with Crippen LogP contribution in [0.3, 0.4) is 0 Å². The second-order valence-electron chi connectivity index (χ2n) is 4.47. The smallest absolute Gasteiger partial charge is 0.148 e. The molecule has 0 heterocycles. The van der Waals surface area contributed by atoms with Gasteiger partial charge >= 0.3 is 0 Å². The van der Waals surface area contributed by atoms with E-state index in [-0.39, 0.29) is 11.8 Å². The maximum absolute atomic E-state index is 11.1. The zero-order valence-electron chi connectivity index (χ0n) is 10.3. The van der Waals surface area contributed by atoms with E-state index in [4.69, 9.17) is 11.6 Å². The molecule has 3 nitrogen and oxygen atoms in total. The topological polar surface area (TPSA) is 46.2 Å². The van der Waals surface area contributed by atoms with Crippen LogP contribution in [0.4, 0.5) is 0 Å². The van der Waals surface area contributed by atoms with Crippen LogP contribution in [-0.2, 0) is 16.4 Å². The molecule has 96 valence electrons. The van der Waals surface area contributed by atoms with Crippen molar-refractivity contribution in [1.82, 2.24) is 5.32 Å². The Labute approximate surface area is 108 Å². The maximum atomic E-state index is 11.1. The Kier molecular flexibility index (Phi) is 4.98. The number of halogens is 1. The molecule has 0 aromatic heterocycles. The van der Waals surface area contributed by atoms with E-state index < -0.39 is 9.84 Å². The van der Waals surface area contributed by atoms with Gasteiger partial charge in [0.25, 0.3) is 0 Å². The average molecular weight is 276 g/mol. The second-order valence-corrected chi connectivity index (χ2v) is 7.06. The molecule has 0 saturated heterocycles. The first-order valence-corrected chi connectivity index (χ1v) is 7.88. The van der Waals surface area contributed by atoms with Crippen molar-refractivity contribution in [3.63, 3.8) is 0 Å². The molecule has 5 heteroatoms. The van der Waals surface area contributed by atoms with Crippen LogP contribution in [0, 0.1) is 6.92 Å². The number of rotatable bonds is 5. The summed E-state index contributed by atoms with van der Waals surface area (Å²) in [5.74, 6) is 0.135. The highest BCUT2D eigenvalue weighted by atomic mass is 35.5. The minimum atomic E-state index is -2.94. The lowest BCUT2D eigenvalue weighted by Gasteiger charge is -2.13. The lowest BCUT2D eigenvalue weighted by Crippen LogP contribution is -2.32. The SMILES string of the molecule is Cc1ccc(CNC(C)CS(C)(=O)=O)c(Cl)c1. The minimum Gasteiger partial charge on any atom is -0.309 e. The highest BCUT2D eigenvalue weighted by molar-refractivity contribution is 7.90. The normalized spacial score (nSPS) is 13.6. The molecular weight excluding hydrogens is 258 g/mol. The van der Waals surface area contributed by atoms with E-state index in [0.717, 1.165) is 11.1 Å². The zero-order valence-corrected chi connectivity index (χ0v) is 11.9. The zero-order chi connectivity index (χ0) is 13.1. The molecule has 17 heavy (non-hydrogen) atoms. The number of nitrogens with one attached hydrogen (secondary N) is 1. The van der Waals surface area contributed by atoms with Crippen LogP contribution in [0.15, 0.2) is 18.2 Å². The first kappa shape index (κ1) is 14.5. The molecule has 0 aliphatic carbocycles. The van der Waals surface area contributed by atoms with E-state index in [9.17, 15) is 8.42 Å². The van der Waals surface area contributed by atoms with Gasteiger partial charge in [-0.3, -0.25) is 0 Å². The largest absolute Gasteiger partial charge is 0.309 e. The van der Waals surface area contributed by atoms with Crippen molar-refractivity contribution in [3.05, 3.63) is 34.3 Å². The summed E-state index contributed by atoms with van der Waals surface area (Å²) in [6.07, 6.45) is 1.24. The molecule has 1 aromatic carbocycles. The van der Waals surface area contributed by atoms with Gasteiger partial charge in [0, 0.05) is 23.9 Å². The summed E-state index contributed by atoms with van der Waals surface area (Å²) in [7, 11) is -2.94. The van der Waals surface area contributed by atoms with Gasteiger partial charge in [0.15, 0.2) is 0 Å². The van der Waals surface area contributed by atoms with Crippen molar-refractivity contribution in [2.24, 2.45) is 0 Å². The third-order valence-electron chi connectivity index (χ3n) is 2.40. The fourth-order valence-corrected chi connectivity index (χ4v) is 2.92. The lowest BCUT2D eigenvalue weighted by atomic mass is 10.1. The molecule has 0 radical (unpaired) electrons. The molecular formula is C12H18ClNO2S. The summed E-state index contributed by atoms with van der Waals surface area (Å²) >= 11 is 6.09. The van der Waals surface area contributed by atoms with Gasteiger partial charge in [0.05, 0.1) is 5.75 Å². The molecule has 0 saturated carbocycles. The van der Waals surface area contributed by atoms with Gasteiger partial charge in [-0.15, -0.1) is 0 Å². The molecule has 1 N–H and O–H groups in total. The number of benzene rings is 1. The van der Waals surface area contributed by atoms with Gasteiger partial charge < -0.3 is 5.32 Å². The van der Waals surface area contributed by atoms with Crippen molar-refractivity contribution in [3.8, 4) is 0 Å². The predicted molar refractivity (Wildman–Crippen MR) is 72.2 cm³/mol. The molecule has 0 amide bonds. The predicted octanol–water partition coefficient (Wildman–Crippen LogP) is 2.17. The van der Waals surface area contributed by atoms with Crippen LogP contribution in [-0.4, -0.2) is 26.5 Å². The number of sulfone groups is 1. The van der Waals surface area contributed by atoms with E-state index in [0.29, 0.717) is 11.6 Å². The van der Waals surface area contributed by atoms with Gasteiger partial charge in [-0.25, -0.2) is 8.42 Å². The minimum absolute atomic E-state index is 0.0811. The van der Waals surface area contributed by atoms with Crippen LogP contribution in [0.2, 0.25) is 5.02 Å². The number of hydrogen-bond donors (Lipinski definition) is 1. The Morgan fingerprint density at radius 2 is 2.06 bits per heavy atom. The van der Waals surface area contributed by atoms with E-state index in [2.05, 4.69) is 5.32 Å². The molecule has 0 aliphatic rings. The van der Waals surface area contributed by atoms with Crippen LogP contribution in [0.25, 0.3) is 0 Å². The van der Waals surface area contributed by atoms with Gasteiger partial charge in [0.1, 0.15) is 9.84 Å². The standard InChI is InChI=1S/C12H18ClNO2S/c1-9-4-5-11(12(13)6-9)7-14-10(2)8-17(3,15)16/h4-6,10,14H,7-8H2,1-3H3. The van der Waals surface area contributed by atoms with Crippen molar-refractivity contribution in [1.29, 1.82) is 0 Å². The van der Waals surface area contributed by atoms with E-state index in [1.807, 2.05) is 32.0 Å². The number of aryl methyl sites for hydroxylation is 1. The van der Waals surface area contributed by atoms with Crippen molar-refractivity contribution in [2.45, 2.75) is 26.4 Å². The second kappa shape index (κ2) is 5.85. The van der Waals surface area contributed by atoms with Crippen LogP contribution in [0.5, 0.6) is 0 Å². The van der Waals surface area contributed by atoms with Crippen molar-refractivity contribution in [2.75, 3.05) is 12.0 Å². The Morgan fingerprint density at radius 1 is 1.41 bits per heavy atom. The van der Waals surface area contributed by atoms with Gasteiger partial charge in [-0.1, -0.05) is 23.7 Å². The average Bonchev–Trinajstić information content (AvgIpc) is 2.13. The maximum Gasteiger partial charge on any atom is 0.148 e. The summed E-state index contributed by atoms with van der Waals surface area (Å²) in [4.78, 5) is 0. The van der Waals surface area contributed by atoms with Crippen LogP contribution < -0.4 is 5.32 Å². The Morgan fingerprint density at radius 3 is 2.59 bits per heavy atom. The fourth-order valence-electron chi connectivity index (χ4n) is 1.59. The molecule has 0 fully saturated rings. The van der Waals surface area contributed by atoms with E-state index in [1.165, 1.54) is 6.26 Å². The van der Waals surface area contributed by atoms with Gasteiger partial charge in [-0.05, 0) is 31.0 Å². The lowest BCUT2D eigenvalue weighted by molar-refractivity contribution is 0.560. The number of hydrogen-bond acceptors (Lipinski definition) is 3. The molecule has 1 rings (SSSR count). The Bertz CT molecular complexity index is 485. The fraction of sp³-hybridized carbons (Fsp3) is 0.500. The molecule has 0 spiro atoms. The van der Waals surface area contributed by atoms with Crippen LogP contribution in [0.1, 0.15) is 18.1 Å². The third-order valence-corrected chi connectivity index (χ3v) is 3.86. The molecule has 0 aliphatic heterocycles. The first-order valence-electron chi connectivity index (χ1n) is 5.44. The van der Waals surface area contributed by atoms with Gasteiger partial charge in [0.2, 0.25) is 0 Å². The summed E-state index contributed by atoms with van der Waals surface area (Å²) in [5, 5.41) is 3.86. The third kappa shape index (κ3) is 5.52. The summed E-state index contributed by atoms with van der Waals surface area (Å²) in [6.45, 7) is 4.41. The van der Waals surface area contributed by atoms with Crippen molar-refractivity contribution < 1.29 is 8.42 Å². The van der Waals surface area contributed by atoms with Gasteiger partial charge in [-0.2, -0.15) is 0 Å².